The first-order valence-electron chi connectivity index (χ1n) is 7.09. The van der Waals surface area contributed by atoms with Crippen molar-refractivity contribution >= 4 is 34.5 Å². The molecule has 21 heavy (non-hydrogen) atoms. The molecule has 112 valence electrons. The van der Waals surface area contributed by atoms with Crippen LogP contribution in [-0.4, -0.2) is 26.3 Å². The van der Waals surface area contributed by atoms with E-state index in [-0.39, 0.29) is 17.0 Å². The molecule has 0 fully saturated rings. The monoisotopic (exact) mass is 366 g/mol. The highest BCUT2D eigenvalue weighted by Gasteiger charge is 2.19. The molecule has 0 N–H and O–H groups in total. The molecule has 1 aliphatic rings. The molecule has 0 radical (unpaired) electrons. The van der Waals surface area contributed by atoms with E-state index >= 15 is 0 Å². The Kier molecular flexibility index (Phi) is 5.99. The Balaban J connectivity index is 0.00000161. The van der Waals surface area contributed by atoms with Gasteiger partial charge in [-0.2, -0.15) is 9.78 Å². The van der Waals surface area contributed by atoms with E-state index in [4.69, 9.17) is 5.10 Å². The molecule has 1 aromatic heterocycles. The fourth-order valence-electron chi connectivity index (χ4n) is 2.23. The molecule has 0 saturated heterocycles. The van der Waals surface area contributed by atoms with Gasteiger partial charge >= 0.3 is 0 Å². The summed E-state index contributed by atoms with van der Waals surface area (Å²) in [7, 11) is 0. The minimum Gasteiger partial charge on any atom is -0.191 e. The fourth-order valence-corrected chi connectivity index (χ4v) is 3.09. The van der Waals surface area contributed by atoms with E-state index in [1.54, 1.807) is 11.8 Å². The standard InChI is InChI=1S/C15H18N4S.BrH/c1-2-3-5-10-14-16-17-15-19(14)18-13(11-20-15)12-8-6-4-7-9-12;/h4,6-9H,2-3,5,10-11H2,1H3;1H. The summed E-state index contributed by atoms with van der Waals surface area (Å²) in [4.78, 5) is 0. The number of aromatic nitrogens is 3. The highest BCUT2D eigenvalue weighted by Crippen LogP contribution is 2.24. The lowest BCUT2D eigenvalue weighted by Gasteiger charge is -2.13. The molecule has 4 nitrogen and oxygen atoms in total. The molecular weight excluding hydrogens is 348 g/mol. The molecule has 0 saturated carbocycles. The maximum atomic E-state index is 4.74. The van der Waals surface area contributed by atoms with E-state index in [1.807, 2.05) is 22.9 Å². The lowest BCUT2D eigenvalue weighted by atomic mass is 10.1. The summed E-state index contributed by atoms with van der Waals surface area (Å²) >= 11 is 1.71. The first kappa shape index (κ1) is 16.2. The molecule has 0 amide bonds. The van der Waals surface area contributed by atoms with Crippen molar-refractivity contribution < 1.29 is 0 Å². The minimum atomic E-state index is 0. The van der Waals surface area contributed by atoms with Crippen molar-refractivity contribution in [1.29, 1.82) is 0 Å². The van der Waals surface area contributed by atoms with Crippen molar-refractivity contribution in [3.05, 3.63) is 41.7 Å². The van der Waals surface area contributed by atoms with Crippen molar-refractivity contribution in [3.63, 3.8) is 0 Å². The first-order chi connectivity index (χ1) is 9.88. The summed E-state index contributed by atoms with van der Waals surface area (Å²) in [6.45, 7) is 2.21. The van der Waals surface area contributed by atoms with Gasteiger partial charge in [-0.05, 0) is 12.0 Å². The van der Waals surface area contributed by atoms with Crippen LogP contribution in [0.4, 0.5) is 0 Å². The molecule has 3 rings (SSSR count). The van der Waals surface area contributed by atoms with E-state index in [9.17, 15) is 0 Å². The molecule has 0 aliphatic carbocycles. The van der Waals surface area contributed by atoms with E-state index in [2.05, 4.69) is 29.3 Å². The quantitative estimate of drug-likeness (QED) is 0.752. The third-order valence-corrected chi connectivity index (χ3v) is 4.28. The average Bonchev–Trinajstić information content (AvgIpc) is 2.91. The van der Waals surface area contributed by atoms with Gasteiger partial charge in [0.2, 0.25) is 5.16 Å². The van der Waals surface area contributed by atoms with Gasteiger partial charge in [0.15, 0.2) is 5.82 Å². The molecule has 0 bridgehead atoms. The topological polar surface area (TPSA) is 43.1 Å². The number of rotatable bonds is 5. The molecule has 0 spiro atoms. The van der Waals surface area contributed by atoms with Gasteiger partial charge in [-0.15, -0.1) is 27.2 Å². The second-order valence-corrected chi connectivity index (χ2v) is 5.81. The van der Waals surface area contributed by atoms with Crippen LogP contribution in [0.5, 0.6) is 0 Å². The highest BCUT2D eigenvalue weighted by molar-refractivity contribution is 8.93. The zero-order valence-electron chi connectivity index (χ0n) is 12.0. The van der Waals surface area contributed by atoms with E-state index < -0.39 is 0 Å². The number of hydrogen-bond acceptors (Lipinski definition) is 4. The van der Waals surface area contributed by atoms with Crippen LogP contribution in [0.1, 0.15) is 37.6 Å². The molecule has 2 heterocycles. The van der Waals surface area contributed by atoms with Crippen molar-refractivity contribution in [2.24, 2.45) is 5.10 Å². The van der Waals surface area contributed by atoms with Crippen molar-refractivity contribution in [1.82, 2.24) is 14.9 Å². The zero-order chi connectivity index (χ0) is 13.8. The highest BCUT2D eigenvalue weighted by atomic mass is 79.9. The van der Waals surface area contributed by atoms with Gasteiger partial charge in [-0.25, -0.2) is 0 Å². The second-order valence-electron chi connectivity index (χ2n) is 4.87. The SMILES string of the molecule is Br.CCCCCc1nnc2n1N=C(c1ccccc1)CS2. The maximum absolute atomic E-state index is 4.74. The van der Waals surface area contributed by atoms with Gasteiger partial charge in [-0.3, -0.25) is 0 Å². The van der Waals surface area contributed by atoms with Crippen molar-refractivity contribution in [3.8, 4) is 0 Å². The predicted molar refractivity (Wildman–Crippen MR) is 92.7 cm³/mol. The molecule has 2 aromatic rings. The zero-order valence-corrected chi connectivity index (χ0v) is 14.6. The van der Waals surface area contributed by atoms with Crippen LogP contribution in [0, 0.1) is 0 Å². The number of hydrogen-bond donors (Lipinski definition) is 0. The molecule has 1 aliphatic heterocycles. The lowest BCUT2D eigenvalue weighted by molar-refractivity contribution is 0.647. The number of aryl methyl sites for hydroxylation is 1. The molecule has 0 unspecified atom stereocenters. The lowest BCUT2D eigenvalue weighted by Crippen LogP contribution is -2.14. The summed E-state index contributed by atoms with van der Waals surface area (Å²) in [6, 6.07) is 10.3. The Bertz CT molecular complexity index is 609. The number of halogens is 1. The Morgan fingerprint density at radius 2 is 1.95 bits per heavy atom. The Morgan fingerprint density at radius 1 is 1.14 bits per heavy atom. The van der Waals surface area contributed by atoms with Gasteiger partial charge < -0.3 is 0 Å². The predicted octanol–water partition coefficient (Wildman–Crippen LogP) is 3.95. The number of unbranched alkanes of at least 4 members (excludes halogenated alkanes) is 2. The van der Waals surface area contributed by atoms with Crippen LogP contribution in [0.2, 0.25) is 0 Å². The average molecular weight is 367 g/mol. The summed E-state index contributed by atoms with van der Waals surface area (Å²) in [5.74, 6) is 1.84. The number of thioether (sulfide) groups is 1. The summed E-state index contributed by atoms with van der Waals surface area (Å²) < 4.78 is 1.92. The van der Waals surface area contributed by atoms with E-state index in [0.717, 1.165) is 35.3 Å². The van der Waals surface area contributed by atoms with Crippen molar-refractivity contribution in [2.75, 3.05) is 5.75 Å². The molecular formula is C15H19BrN4S. The van der Waals surface area contributed by atoms with Crippen LogP contribution in [0.15, 0.2) is 40.6 Å². The van der Waals surface area contributed by atoms with Crippen LogP contribution in [0.3, 0.4) is 0 Å². The van der Waals surface area contributed by atoms with Gasteiger partial charge in [0.1, 0.15) is 0 Å². The first-order valence-corrected chi connectivity index (χ1v) is 8.07. The largest absolute Gasteiger partial charge is 0.212 e. The molecule has 6 heteroatoms. The smallest absolute Gasteiger partial charge is 0.191 e. The van der Waals surface area contributed by atoms with Gasteiger partial charge in [0, 0.05) is 12.2 Å². The summed E-state index contributed by atoms with van der Waals surface area (Å²) in [6.07, 6.45) is 4.54. The summed E-state index contributed by atoms with van der Waals surface area (Å²) in [5.41, 5.74) is 2.28. The van der Waals surface area contributed by atoms with Gasteiger partial charge in [-0.1, -0.05) is 61.9 Å². The summed E-state index contributed by atoms with van der Waals surface area (Å²) in [5, 5.41) is 14.2. The fraction of sp³-hybridized carbons (Fsp3) is 0.400. The normalized spacial score (nSPS) is 13.3. The Morgan fingerprint density at radius 3 is 2.71 bits per heavy atom. The molecule has 1 aromatic carbocycles. The van der Waals surface area contributed by atoms with Crippen molar-refractivity contribution in [2.45, 2.75) is 37.8 Å². The van der Waals surface area contributed by atoms with Crippen LogP contribution >= 0.6 is 28.7 Å². The third kappa shape index (κ3) is 3.74. The number of nitrogens with zero attached hydrogens (tertiary/aromatic N) is 4. The second kappa shape index (κ2) is 7.75. The van der Waals surface area contributed by atoms with Crippen LogP contribution in [-0.2, 0) is 6.42 Å². The maximum Gasteiger partial charge on any atom is 0.212 e. The van der Waals surface area contributed by atoms with Gasteiger partial charge in [0.05, 0.1) is 5.71 Å². The number of benzene rings is 1. The van der Waals surface area contributed by atoms with Gasteiger partial charge in [0.25, 0.3) is 0 Å². The van der Waals surface area contributed by atoms with E-state index in [1.165, 1.54) is 18.4 Å². The van der Waals surface area contributed by atoms with Crippen LogP contribution < -0.4 is 0 Å². The number of fused-ring (bicyclic) bond motifs is 1. The third-order valence-electron chi connectivity index (χ3n) is 3.35. The Hall–Kier alpha value is -1.14. The molecule has 0 atom stereocenters. The van der Waals surface area contributed by atoms with E-state index in [0.29, 0.717) is 0 Å². The minimum absolute atomic E-state index is 0. The Labute approximate surface area is 139 Å². The van der Waals surface area contributed by atoms with Crippen LogP contribution in [0.25, 0.3) is 0 Å².